The van der Waals surface area contributed by atoms with Crippen LogP contribution in [0.3, 0.4) is 0 Å². The zero-order valence-electron chi connectivity index (χ0n) is 8.32. The number of carbonyl (C=O) groups is 1. The second-order valence-corrected chi connectivity index (χ2v) is 4.11. The lowest BCUT2D eigenvalue weighted by Gasteiger charge is -2.15. The Labute approximate surface area is 96.8 Å². The second-order valence-electron chi connectivity index (χ2n) is 3.70. The van der Waals surface area contributed by atoms with Crippen molar-refractivity contribution in [3.8, 4) is 0 Å². The molecule has 86 valence electrons. The molecule has 1 aliphatic rings. The van der Waals surface area contributed by atoms with Gasteiger partial charge >= 0.3 is 5.97 Å². The van der Waals surface area contributed by atoms with Crippen molar-refractivity contribution in [3.05, 3.63) is 34.6 Å². The number of hydrogen-bond donors (Lipinski definition) is 1. The molecule has 1 N–H and O–H groups in total. The fourth-order valence-corrected chi connectivity index (χ4v) is 1.98. The highest BCUT2D eigenvalue weighted by Gasteiger charge is 2.35. The van der Waals surface area contributed by atoms with Crippen molar-refractivity contribution in [2.45, 2.75) is 12.5 Å². The predicted octanol–water partition coefficient (Wildman–Crippen LogP) is 2.64. The molecule has 1 aromatic rings. The Kier molecular flexibility index (Phi) is 3.12. The third kappa shape index (κ3) is 2.03. The fraction of sp³-hybridized carbons (Fsp3) is 0.364. The van der Waals surface area contributed by atoms with Gasteiger partial charge in [0.25, 0.3) is 0 Å². The number of aliphatic carboxylic acids is 1. The third-order valence-electron chi connectivity index (χ3n) is 2.68. The average molecular weight is 245 g/mol. The fourth-order valence-electron chi connectivity index (χ4n) is 1.86. The van der Waals surface area contributed by atoms with E-state index in [1.54, 1.807) is 6.07 Å². The molecule has 0 bridgehead atoms. The van der Waals surface area contributed by atoms with Crippen molar-refractivity contribution in [2.75, 3.05) is 6.61 Å². The quantitative estimate of drug-likeness (QED) is 0.870. The molecule has 2 rings (SSSR count). The van der Waals surface area contributed by atoms with Crippen molar-refractivity contribution in [1.82, 2.24) is 0 Å². The lowest BCUT2D eigenvalue weighted by Crippen LogP contribution is -2.17. The van der Waals surface area contributed by atoms with Crippen molar-refractivity contribution < 1.29 is 19.0 Å². The smallest absolute Gasteiger partial charge is 0.309 e. The SMILES string of the molecule is O=C(O)C1CCOC1c1ccc(Cl)c(F)c1. The van der Waals surface area contributed by atoms with Crippen LogP contribution in [-0.4, -0.2) is 17.7 Å². The van der Waals surface area contributed by atoms with E-state index in [0.717, 1.165) is 0 Å². The van der Waals surface area contributed by atoms with E-state index >= 15 is 0 Å². The van der Waals surface area contributed by atoms with Gasteiger partial charge in [0.1, 0.15) is 5.82 Å². The highest BCUT2D eigenvalue weighted by molar-refractivity contribution is 6.30. The number of benzene rings is 1. The monoisotopic (exact) mass is 244 g/mol. The molecule has 1 heterocycles. The van der Waals surface area contributed by atoms with Crippen LogP contribution >= 0.6 is 11.6 Å². The highest BCUT2D eigenvalue weighted by Crippen LogP contribution is 2.35. The standard InChI is InChI=1S/C11H10ClFO3/c12-8-2-1-6(5-9(8)13)10-7(11(14)15)3-4-16-10/h1-2,5,7,10H,3-4H2,(H,14,15). The summed E-state index contributed by atoms with van der Waals surface area (Å²) in [6.45, 7) is 0.381. The van der Waals surface area contributed by atoms with Crippen molar-refractivity contribution in [2.24, 2.45) is 5.92 Å². The van der Waals surface area contributed by atoms with Gasteiger partial charge in [-0.2, -0.15) is 0 Å². The third-order valence-corrected chi connectivity index (χ3v) is 2.99. The molecule has 0 spiro atoms. The highest BCUT2D eigenvalue weighted by atomic mass is 35.5. The topological polar surface area (TPSA) is 46.5 Å². The molecular formula is C11H10ClFO3. The van der Waals surface area contributed by atoms with Gasteiger partial charge in [-0.25, -0.2) is 4.39 Å². The Hall–Kier alpha value is -1.13. The minimum Gasteiger partial charge on any atom is -0.481 e. The summed E-state index contributed by atoms with van der Waals surface area (Å²) in [5.41, 5.74) is 0.520. The molecule has 1 fully saturated rings. The zero-order chi connectivity index (χ0) is 11.7. The van der Waals surface area contributed by atoms with Crippen LogP contribution in [0.1, 0.15) is 18.1 Å². The number of rotatable bonds is 2. The van der Waals surface area contributed by atoms with Gasteiger partial charge in [-0.1, -0.05) is 17.7 Å². The van der Waals surface area contributed by atoms with E-state index in [2.05, 4.69) is 0 Å². The molecule has 1 aromatic carbocycles. The average Bonchev–Trinajstić information content (AvgIpc) is 2.71. The molecule has 0 aromatic heterocycles. The van der Waals surface area contributed by atoms with E-state index in [1.807, 2.05) is 0 Å². The lowest BCUT2D eigenvalue weighted by atomic mass is 9.95. The van der Waals surface area contributed by atoms with Gasteiger partial charge in [0.15, 0.2) is 0 Å². The molecule has 0 amide bonds. The van der Waals surface area contributed by atoms with Crippen LogP contribution < -0.4 is 0 Å². The Bertz CT molecular complexity index is 422. The first-order valence-electron chi connectivity index (χ1n) is 4.89. The molecule has 0 saturated carbocycles. The molecule has 0 aliphatic carbocycles. The molecule has 1 aliphatic heterocycles. The van der Waals surface area contributed by atoms with Gasteiger partial charge in [-0.05, 0) is 24.1 Å². The number of carboxylic acid groups (broad SMARTS) is 1. The molecule has 2 unspecified atom stereocenters. The molecule has 1 saturated heterocycles. The largest absolute Gasteiger partial charge is 0.481 e. The van der Waals surface area contributed by atoms with E-state index in [1.165, 1.54) is 12.1 Å². The Balaban J connectivity index is 2.29. The van der Waals surface area contributed by atoms with E-state index in [9.17, 15) is 9.18 Å². The zero-order valence-corrected chi connectivity index (χ0v) is 9.08. The van der Waals surface area contributed by atoms with Gasteiger partial charge in [-0.3, -0.25) is 4.79 Å². The van der Waals surface area contributed by atoms with Gasteiger partial charge in [0, 0.05) is 6.61 Å². The van der Waals surface area contributed by atoms with Crippen molar-refractivity contribution in [1.29, 1.82) is 0 Å². The molecule has 3 nitrogen and oxygen atoms in total. The molecular weight excluding hydrogens is 235 g/mol. The summed E-state index contributed by atoms with van der Waals surface area (Å²) in [4.78, 5) is 10.9. The summed E-state index contributed by atoms with van der Waals surface area (Å²) in [6.07, 6.45) is -0.131. The maximum atomic E-state index is 13.2. The number of halogens is 2. The van der Waals surface area contributed by atoms with Gasteiger partial charge in [-0.15, -0.1) is 0 Å². The minimum atomic E-state index is -0.919. The summed E-state index contributed by atoms with van der Waals surface area (Å²) >= 11 is 5.55. The van der Waals surface area contributed by atoms with Crippen LogP contribution in [0, 0.1) is 11.7 Å². The maximum Gasteiger partial charge on any atom is 0.309 e. The first-order valence-corrected chi connectivity index (χ1v) is 5.27. The number of hydrogen-bond acceptors (Lipinski definition) is 2. The number of ether oxygens (including phenoxy) is 1. The first-order chi connectivity index (χ1) is 7.59. The molecule has 16 heavy (non-hydrogen) atoms. The normalized spacial score (nSPS) is 24.6. The number of carboxylic acids is 1. The summed E-state index contributed by atoms with van der Waals surface area (Å²) in [5, 5.41) is 8.99. The molecule has 0 radical (unpaired) electrons. The van der Waals surface area contributed by atoms with Crippen molar-refractivity contribution >= 4 is 17.6 Å². The van der Waals surface area contributed by atoms with Crippen LogP contribution in [0.4, 0.5) is 4.39 Å². The lowest BCUT2D eigenvalue weighted by molar-refractivity contribution is -0.143. The minimum absolute atomic E-state index is 0.0219. The van der Waals surface area contributed by atoms with Gasteiger partial charge in [0.05, 0.1) is 17.0 Å². The predicted molar refractivity (Wildman–Crippen MR) is 55.8 cm³/mol. The van der Waals surface area contributed by atoms with E-state index < -0.39 is 23.8 Å². The van der Waals surface area contributed by atoms with Crippen LogP contribution in [0.2, 0.25) is 5.02 Å². The molecule has 5 heteroatoms. The summed E-state index contributed by atoms with van der Waals surface area (Å²) in [5.74, 6) is -2.09. The van der Waals surface area contributed by atoms with Gasteiger partial charge in [0.2, 0.25) is 0 Å². The molecule has 2 atom stereocenters. The summed E-state index contributed by atoms with van der Waals surface area (Å²) in [7, 11) is 0. The Morgan fingerprint density at radius 1 is 1.56 bits per heavy atom. The van der Waals surface area contributed by atoms with E-state index in [0.29, 0.717) is 18.6 Å². The maximum absolute atomic E-state index is 13.2. The van der Waals surface area contributed by atoms with Crippen LogP contribution in [0.25, 0.3) is 0 Å². The second kappa shape index (κ2) is 4.39. The Morgan fingerprint density at radius 3 is 2.94 bits per heavy atom. The Morgan fingerprint density at radius 2 is 2.31 bits per heavy atom. The summed E-state index contributed by atoms with van der Waals surface area (Å²) < 4.78 is 18.5. The van der Waals surface area contributed by atoms with Crippen molar-refractivity contribution in [3.63, 3.8) is 0 Å². The summed E-state index contributed by atoms with van der Waals surface area (Å²) in [6, 6.07) is 4.23. The van der Waals surface area contributed by atoms with Crippen LogP contribution in [0.5, 0.6) is 0 Å². The van der Waals surface area contributed by atoms with Crippen LogP contribution in [0.15, 0.2) is 18.2 Å². The first kappa shape index (κ1) is 11.4. The van der Waals surface area contributed by atoms with E-state index in [-0.39, 0.29) is 5.02 Å². The van der Waals surface area contributed by atoms with E-state index in [4.69, 9.17) is 21.4 Å². The van der Waals surface area contributed by atoms with Crippen LogP contribution in [-0.2, 0) is 9.53 Å². The van der Waals surface area contributed by atoms with Gasteiger partial charge < -0.3 is 9.84 Å².